The van der Waals surface area contributed by atoms with Crippen LogP contribution >= 0.6 is 11.6 Å². The molecule has 2 aromatic rings. The number of nitrogens with zero attached hydrogens (tertiary/aromatic N) is 2. The monoisotopic (exact) mass is 390 g/mol. The van der Waals surface area contributed by atoms with Gasteiger partial charge in [-0.2, -0.15) is 0 Å². The highest BCUT2D eigenvalue weighted by Crippen LogP contribution is 2.28. The summed E-state index contributed by atoms with van der Waals surface area (Å²) in [5.74, 6) is -0.110. The third-order valence-corrected chi connectivity index (χ3v) is 5.03. The fourth-order valence-electron chi connectivity index (χ4n) is 3.34. The number of nitrogens with one attached hydrogen (secondary N) is 1. The maximum atomic E-state index is 11.4. The number of carbonyl (C=O) groups is 2. The first-order chi connectivity index (χ1) is 13.0. The van der Waals surface area contributed by atoms with Gasteiger partial charge in [0.05, 0.1) is 0 Å². The lowest BCUT2D eigenvalue weighted by atomic mass is 9.93. The Morgan fingerprint density at radius 3 is 2.78 bits per heavy atom. The zero-order valence-corrected chi connectivity index (χ0v) is 15.7. The van der Waals surface area contributed by atoms with Crippen LogP contribution < -0.4 is 16.0 Å². The van der Waals surface area contributed by atoms with Crippen molar-refractivity contribution < 1.29 is 14.3 Å². The van der Waals surface area contributed by atoms with Gasteiger partial charge >= 0.3 is 6.09 Å². The summed E-state index contributed by atoms with van der Waals surface area (Å²) < 4.78 is 4.66. The second-order valence-corrected chi connectivity index (χ2v) is 7.11. The van der Waals surface area contributed by atoms with E-state index in [1.807, 2.05) is 6.07 Å². The molecule has 144 valence electrons. The van der Waals surface area contributed by atoms with Crippen LogP contribution in [0.15, 0.2) is 30.5 Å². The molecule has 0 aliphatic carbocycles. The van der Waals surface area contributed by atoms with Crippen LogP contribution in [0.3, 0.4) is 0 Å². The first-order valence-corrected chi connectivity index (χ1v) is 9.38. The summed E-state index contributed by atoms with van der Waals surface area (Å²) in [6.45, 7) is 2.09. The molecule has 0 radical (unpaired) electrons. The van der Waals surface area contributed by atoms with Gasteiger partial charge in [0, 0.05) is 36.9 Å². The number of alkyl carbamates (subject to hydrolysis) is 1. The van der Waals surface area contributed by atoms with Crippen LogP contribution in [0.25, 0.3) is 10.8 Å². The fourth-order valence-corrected chi connectivity index (χ4v) is 3.51. The lowest BCUT2D eigenvalue weighted by Gasteiger charge is -2.33. The number of pyridine rings is 1. The summed E-state index contributed by atoms with van der Waals surface area (Å²) in [5.41, 5.74) is 6.12. The van der Waals surface area contributed by atoms with Gasteiger partial charge in [-0.05, 0) is 48.8 Å². The van der Waals surface area contributed by atoms with Gasteiger partial charge in [-0.3, -0.25) is 4.79 Å². The van der Waals surface area contributed by atoms with Crippen LogP contribution in [-0.2, 0) is 9.53 Å². The number of ether oxygens (including phenoxy) is 1. The predicted molar refractivity (Wildman–Crippen MR) is 105 cm³/mol. The number of benzene rings is 1. The molecule has 1 aromatic carbocycles. The Morgan fingerprint density at radius 1 is 1.26 bits per heavy atom. The molecule has 3 rings (SSSR count). The van der Waals surface area contributed by atoms with E-state index < -0.39 is 18.6 Å². The smallest absolute Gasteiger partial charge is 0.407 e. The SMILES string of the molecule is NC(=O)COC(=O)NCCC1CCN(c2ccc3cnc(Cl)cc3c2)CC1. The molecule has 0 saturated carbocycles. The lowest BCUT2D eigenvalue weighted by Crippen LogP contribution is -2.35. The summed E-state index contributed by atoms with van der Waals surface area (Å²) in [4.78, 5) is 28.4. The number of hydrogen-bond donors (Lipinski definition) is 2. The number of piperidine rings is 1. The van der Waals surface area contributed by atoms with Crippen molar-refractivity contribution in [1.82, 2.24) is 10.3 Å². The van der Waals surface area contributed by atoms with Crippen LogP contribution in [0.5, 0.6) is 0 Å². The number of fused-ring (bicyclic) bond motifs is 1. The summed E-state index contributed by atoms with van der Waals surface area (Å²) in [6.07, 6.45) is 4.20. The minimum absolute atomic E-state index is 0.392. The van der Waals surface area contributed by atoms with Crippen molar-refractivity contribution in [2.75, 3.05) is 31.1 Å². The van der Waals surface area contributed by atoms with E-state index in [1.54, 1.807) is 6.20 Å². The van der Waals surface area contributed by atoms with Gasteiger partial charge in [0.1, 0.15) is 5.15 Å². The average molecular weight is 391 g/mol. The quantitative estimate of drug-likeness (QED) is 0.739. The molecule has 1 aliphatic heterocycles. The van der Waals surface area contributed by atoms with E-state index in [0.717, 1.165) is 43.1 Å². The lowest BCUT2D eigenvalue weighted by molar-refractivity contribution is -0.120. The van der Waals surface area contributed by atoms with Crippen molar-refractivity contribution in [2.24, 2.45) is 11.7 Å². The van der Waals surface area contributed by atoms with Crippen molar-refractivity contribution in [3.63, 3.8) is 0 Å². The van der Waals surface area contributed by atoms with Gasteiger partial charge in [-0.25, -0.2) is 9.78 Å². The fraction of sp³-hybridized carbons (Fsp3) is 0.421. The number of primary amides is 1. The zero-order valence-electron chi connectivity index (χ0n) is 15.0. The molecule has 2 heterocycles. The van der Waals surface area contributed by atoms with E-state index in [2.05, 4.69) is 38.1 Å². The van der Waals surface area contributed by atoms with E-state index in [-0.39, 0.29) is 0 Å². The molecule has 1 aliphatic rings. The van der Waals surface area contributed by atoms with Gasteiger partial charge in [-0.1, -0.05) is 17.7 Å². The molecule has 3 N–H and O–H groups in total. The second-order valence-electron chi connectivity index (χ2n) is 6.73. The largest absolute Gasteiger partial charge is 0.439 e. The minimum atomic E-state index is -0.662. The number of rotatable bonds is 6. The Morgan fingerprint density at radius 2 is 2.04 bits per heavy atom. The number of aromatic nitrogens is 1. The Labute approximate surface area is 162 Å². The standard InChI is InChI=1S/C19H23ClN4O3/c20-17-10-15-9-16(2-1-14(15)11-23-17)24-7-4-13(5-8-24)3-6-22-19(26)27-12-18(21)25/h1-2,9-11,13H,3-8,12H2,(H2,21,25)(H,22,26). The minimum Gasteiger partial charge on any atom is -0.439 e. The molecule has 8 heteroatoms. The molecular weight excluding hydrogens is 368 g/mol. The number of carbonyl (C=O) groups excluding carboxylic acids is 2. The van der Waals surface area contributed by atoms with Crippen molar-refractivity contribution in [3.8, 4) is 0 Å². The molecule has 0 unspecified atom stereocenters. The summed E-state index contributed by atoms with van der Waals surface area (Å²) in [7, 11) is 0. The number of nitrogens with two attached hydrogens (primary N) is 1. The van der Waals surface area contributed by atoms with Crippen LogP contribution in [0.4, 0.5) is 10.5 Å². The first-order valence-electron chi connectivity index (χ1n) is 9.00. The average Bonchev–Trinajstić information content (AvgIpc) is 2.66. The summed E-state index contributed by atoms with van der Waals surface area (Å²) in [6, 6.07) is 8.23. The normalized spacial score (nSPS) is 14.9. The zero-order chi connectivity index (χ0) is 19.2. The molecule has 27 heavy (non-hydrogen) atoms. The van der Waals surface area contributed by atoms with Crippen molar-refractivity contribution in [1.29, 1.82) is 0 Å². The molecule has 1 fully saturated rings. The van der Waals surface area contributed by atoms with Crippen molar-refractivity contribution in [3.05, 3.63) is 35.6 Å². The number of halogens is 1. The highest BCUT2D eigenvalue weighted by molar-refractivity contribution is 6.30. The van der Waals surface area contributed by atoms with Crippen LogP contribution in [0.1, 0.15) is 19.3 Å². The second kappa shape index (κ2) is 8.90. The molecule has 0 spiro atoms. The Bertz CT molecular complexity index is 822. The molecule has 7 nitrogen and oxygen atoms in total. The van der Waals surface area contributed by atoms with E-state index in [4.69, 9.17) is 17.3 Å². The van der Waals surface area contributed by atoms with E-state index in [0.29, 0.717) is 17.6 Å². The molecule has 2 amide bonds. The Kier molecular flexibility index (Phi) is 6.34. The number of anilines is 1. The third kappa shape index (κ3) is 5.47. The maximum Gasteiger partial charge on any atom is 0.407 e. The highest BCUT2D eigenvalue weighted by Gasteiger charge is 2.19. The van der Waals surface area contributed by atoms with E-state index in [1.165, 1.54) is 5.69 Å². The number of amides is 2. The van der Waals surface area contributed by atoms with Crippen LogP contribution in [0, 0.1) is 5.92 Å². The molecule has 1 saturated heterocycles. The Hall–Kier alpha value is -2.54. The van der Waals surface area contributed by atoms with Crippen molar-refractivity contribution in [2.45, 2.75) is 19.3 Å². The van der Waals surface area contributed by atoms with E-state index in [9.17, 15) is 9.59 Å². The van der Waals surface area contributed by atoms with Crippen LogP contribution in [0.2, 0.25) is 5.15 Å². The highest BCUT2D eigenvalue weighted by atomic mass is 35.5. The van der Waals surface area contributed by atoms with Crippen molar-refractivity contribution >= 4 is 40.1 Å². The van der Waals surface area contributed by atoms with Gasteiger partial charge in [-0.15, -0.1) is 0 Å². The van der Waals surface area contributed by atoms with Crippen LogP contribution in [-0.4, -0.2) is 43.2 Å². The van der Waals surface area contributed by atoms with Gasteiger partial charge in [0.2, 0.25) is 0 Å². The number of hydrogen-bond acceptors (Lipinski definition) is 5. The molecule has 0 atom stereocenters. The maximum absolute atomic E-state index is 11.4. The molecular formula is C19H23ClN4O3. The van der Waals surface area contributed by atoms with E-state index >= 15 is 0 Å². The predicted octanol–water partition coefficient (Wildman–Crippen LogP) is 2.71. The topological polar surface area (TPSA) is 97.6 Å². The summed E-state index contributed by atoms with van der Waals surface area (Å²) in [5, 5.41) is 5.32. The van der Waals surface area contributed by atoms with Gasteiger partial charge in [0.15, 0.2) is 6.61 Å². The molecule has 1 aromatic heterocycles. The first kappa shape index (κ1) is 19.2. The summed E-state index contributed by atoms with van der Waals surface area (Å²) >= 11 is 6.00. The van der Waals surface area contributed by atoms with Gasteiger partial charge in [0.25, 0.3) is 5.91 Å². The Balaban J connectivity index is 1.45. The van der Waals surface area contributed by atoms with Gasteiger partial charge < -0.3 is 20.7 Å². The molecule has 0 bridgehead atoms. The third-order valence-electron chi connectivity index (χ3n) is 4.82.